The van der Waals surface area contributed by atoms with E-state index in [1.807, 2.05) is 49.4 Å². The predicted octanol–water partition coefficient (Wildman–Crippen LogP) is 3.48. The van der Waals surface area contributed by atoms with Crippen LogP contribution in [-0.4, -0.2) is 30.8 Å². The van der Waals surface area contributed by atoms with Crippen molar-refractivity contribution in [2.24, 2.45) is 0 Å². The number of rotatable bonds is 8. The molecule has 0 fully saturated rings. The third-order valence-corrected chi connectivity index (χ3v) is 4.39. The number of nitrogens with zero attached hydrogens (tertiary/aromatic N) is 1. The fraction of sp³-hybridized carbons (Fsp3) is 0.217. The van der Waals surface area contributed by atoms with Crippen molar-refractivity contribution < 1.29 is 14.3 Å². The van der Waals surface area contributed by atoms with E-state index in [-0.39, 0.29) is 11.1 Å². The first-order chi connectivity index (χ1) is 14.1. The molecule has 0 aliphatic rings. The van der Waals surface area contributed by atoms with Gasteiger partial charge in [-0.3, -0.25) is 9.59 Å². The summed E-state index contributed by atoms with van der Waals surface area (Å²) in [6.07, 6.45) is 1.68. The summed E-state index contributed by atoms with van der Waals surface area (Å²) in [6, 6.07) is 18.3. The van der Waals surface area contributed by atoms with Crippen molar-refractivity contribution in [2.45, 2.75) is 13.5 Å². The van der Waals surface area contributed by atoms with Crippen LogP contribution >= 0.6 is 0 Å². The third kappa shape index (κ3) is 5.33. The lowest BCUT2D eigenvalue weighted by Crippen LogP contribution is -2.29. The summed E-state index contributed by atoms with van der Waals surface area (Å²) < 4.78 is 12.2. The Balaban J connectivity index is 1.81. The number of hydrogen-bond donors (Lipinski definition) is 1. The van der Waals surface area contributed by atoms with Gasteiger partial charge in [-0.2, -0.15) is 0 Å². The molecule has 1 heterocycles. The number of nitrogens with one attached hydrogen (secondary N) is 1. The number of methoxy groups -OCH3 is 1. The van der Waals surface area contributed by atoms with Gasteiger partial charge in [0.15, 0.2) is 0 Å². The van der Waals surface area contributed by atoms with E-state index in [9.17, 15) is 9.59 Å². The zero-order valence-corrected chi connectivity index (χ0v) is 16.6. The molecule has 0 saturated carbocycles. The minimum atomic E-state index is -0.474. The molecule has 3 rings (SSSR count). The number of anilines is 1. The van der Waals surface area contributed by atoms with Crippen LogP contribution in [-0.2, 0) is 11.3 Å². The molecule has 6 nitrogen and oxygen atoms in total. The number of carbonyl (C=O) groups excluding carboxylic acids is 1. The van der Waals surface area contributed by atoms with Gasteiger partial charge in [0.25, 0.3) is 11.5 Å². The minimum Gasteiger partial charge on any atom is -0.489 e. The van der Waals surface area contributed by atoms with E-state index in [1.54, 1.807) is 25.4 Å². The molecule has 0 bridgehead atoms. The molecule has 3 aromatic rings. The largest absolute Gasteiger partial charge is 0.489 e. The Morgan fingerprint density at radius 3 is 2.59 bits per heavy atom. The predicted molar refractivity (Wildman–Crippen MR) is 113 cm³/mol. The lowest BCUT2D eigenvalue weighted by molar-refractivity contribution is 0.102. The summed E-state index contributed by atoms with van der Waals surface area (Å²) in [6.45, 7) is 3.13. The van der Waals surface area contributed by atoms with Crippen molar-refractivity contribution in [1.82, 2.24) is 4.57 Å². The molecule has 0 radical (unpaired) electrons. The molecule has 1 aromatic heterocycles. The number of ether oxygens (including phenoxy) is 2. The molecular weight excluding hydrogens is 368 g/mol. The van der Waals surface area contributed by atoms with Gasteiger partial charge in [0.2, 0.25) is 0 Å². The fourth-order valence-electron chi connectivity index (χ4n) is 2.89. The zero-order valence-electron chi connectivity index (χ0n) is 16.6. The SMILES string of the molecule is COCCOc1cc(C)ccc1NC(=O)c1cccn(Cc2ccccc2)c1=O. The van der Waals surface area contributed by atoms with Crippen molar-refractivity contribution >= 4 is 11.6 Å². The first kappa shape index (κ1) is 20.4. The average molecular weight is 392 g/mol. The summed E-state index contributed by atoms with van der Waals surface area (Å²) in [4.78, 5) is 25.6. The Kier molecular flexibility index (Phi) is 6.81. The highest BCUT2D eigenvalue weighted by atomic mass is 16.5. The van der Waals surface area contributed by atoms with E-state index in [4.69, 9.17) is 9.47 Å². The van der Waals surface area contributed by atoms with Crippen LogP contribution in [0.3, 0.4) is 0 Å². The highest BCUT2D eigenvalue weighted by molar-refractivity contribution is 6.04. The molecule has 0 aliphatic carbocycles. The van der Waals surface area contributed by atoms with Crippen LogP contribution in [0.15, 0.2) is 71.7 Å². The van der Waals surface area contributed by atoms with Gasteiger partial charge in [-0.05, 0) is 42.3 Å². The molecule has 2 aromatic carbocycles. The Hall–Kier alpha value is -3.38. The summed E-state index contributed by atoms with van der Waals surface area (Å²) in [7, 11) is 1.60. The second-order valence-electron chi connectivity index (χ2n) is 6.64. The highest BCUT2D eigenvalue weighted by Gasteiger charge is 2.15. The van der Waals surface area contributed by atoms with E-state index in [1.165, 1.54) is 10.6 Å². The van der Waals surface area contributed by atoms with E-state index >= 15 is 0 Å². The standard InChI is InChI=1S/C23H24N2O4/c1-17-10-11-20(21(15-17)29-14-13-28-2)24-22(26)19-9-6-12-25(23(19)27)16-18-7-4-3-5-8-18/h3-12,15H,13-14,16H2,1-2H3,(H,24,26). The van der Waals surface area contributed by atoms with Crippen molar-refractivity contribution in [1.29, 1.82) is 0 Å². The van der Waals surface area contributed by atoms with Gasteiger partial charge >= 0.3 is 0 Å². The quantitative estimate of drug-likeness (QED) is 0.596. The second kappa shape index (κ2) is 9.71. The van der Waals surface area contributed by atoms with E-state index in [0.717, 1.165) is 11.1 Å². The zero-order chi connectivity index (χ0) is 20.6. The Bertz CT molecular complexity index is 1030. The minimum absolute atomic E-state index is 0.0758. The molecular formula is C23H24N2O4. The molecule has 0 saturated heterocycles. The van der Waals surface area contributed by atoms with Crippen molar-refractivity contribution in [2.75, 3.05) is 25.6 Å². The molecule has 1 N–H and O–H groups in total. The van der Waals surface area contributed by atoms with Gasteiger partial charge in [-0.1, -0.05) is 36.4 Å². The van der Waals surface area contributed by atoms with Crippen molar-refractivity contribution in [3.05, 3.63) is 93.9 Å². The van der Waals surface area contributed by atoms with Gasteiger partial charge in [0.1, 0.15) is 17.9 Å². The number of pyridine rings is 1. The molecule has 29 heavy (non-hydrogen) atoms. The number of amides is 1. The van der Waals surface area contributed by atoms with E-state index in [2.05, 4.69) is 5.32 Å². The average Bonchev–Trinajstić information content (AvgIpc) is 2.72. The Morgan fingerprint density at radius 1 is 1.03 bits per heavy atom. The van der Waals surface area contributed by atoms with Gasteiger partial charge in [-0.25, -0.2) is 0 Å². The van der Waals surface area contributed by atoms with E-state index in [0.29, 0.717) is 31.2 Å². The van der Waals surface area contributed by atoms with E-state index < -0.39 is 5.91 Å². The number of aromatic nitrogens is 1. The van der Waals surface area contributed by atoms with Gasteiger partial charge < -0.3 is 19.4 Å². The Labute approximate surface area is 169 Å². The van der Waals surface area contributed by atoms with Crippen LogP contribution in [0.5, 0.6) is 5.75 Å². The van der Waals surface area contributed by atoms with Crippen LogP contribution in [0.4, 0.5) is 5.69 Å². The summed E-state index contributed by atoms with van der Waals surface area (Å²) in [5, 5.41) is 2.79. The van der Waals surface area contributed by atoms with Crippen molar-refractivity contribution in [3.8, 4) is 5.75 Å². The monoisotopic (exact) mass is 392 g/mol. The Morgan fingerprint density at radius 2 is 1.83 bits per heavy atom. The first-order valence-corrected chi connectivity index (χ1v) is 9.35. The second-order valence-corrected chi connectivity index (χ2v) is 6.64. The van der Waals surface area contributed by atoms with Gasteiger partial charge in [-0.15, -0.1) is 0 Å². The summed E-state index contributed by atoms with van der Waals surface area (Å²) in [5.41, 5.74) is 2.23. The molecule has 150 valence electrons. The lowest BCUT2D eigenvalue weighted by atomic mass is 10.2. The molecule has 6 heteroatoms. The summed E-state index contributed by atoms with van der Waals surface area (Å²) >= 11 is 0. The maximum atomic E-state index is 12.8. The lowest BCUT2D eigenvalue weighted by Gasteiger charge is -2.14. The molecule has 0 spiro atoms. The smallest absolute Gasteiger partial charge is 0.263 e. The highest BCUT2D eigenvalue weighted by Crippen LogP contribution is 2.26. The summed E-state index contributed by atoms with van der Waals surface area (Å²) in [5.74, 6) is 0.0637. The maximum absolute atomic E-state index is 12.8. The van der Waals surface area contributed by atoms with Crippen LogP contribution in [0.1, 0.15) is 21.5 Å². The number of benzene rings is 2. The maximum Gasteiger partial charge on any atom is 0.263 e. The van der Waals surface area contributed by atoms with Crippen LogP contribution in [0.2, 0.25) is 0 Å². The number of aryl methyl sites for hydroxylation is 1. The molecule has 0 unspecified atom stereocenters. The van der Waals surface area contributed by atoms with Crippen LogP contribution in [0, 0.1) is 6.92 Å². The number of carbonyl (C=O) groups is 1. The molecule has 0 atom stereocenters. The van der Waals surface area contributed by atoms with Crippen molar-refractivity contribution in [3.63, 3.8) is 0 Å². The fourth-order valence-corrected chi connectivity index (χ4v) is 2.89. The third-order valence-electron chi connectivity index (χ3n) is 4.39. The van der Waals surface area contributed by atoms with Gasteiger partial charge in [0, 0.05) is 13.3 Å². The topological polar surface area (TPSA) is 69.6 Å². The van der Waals surface area contributed by atoms with Crippen LogP contribution < -0.4 is 15.6 Å². The molecule has 1 amide bonds. The normalized spacial score (nSPS) is 10.6. The molecule has 0 aliphatic heterocycles. The van der Waals surface area contributed by atoms with Gasteiger partial charge in [0.05, 0.1) is 18.8 Å². The number of hydrogen-bond acceptors (Lipinski definition) is 4. The first-order valence-electron chi connectivity index (χ1n) is 9.35. The van der Waals surface area contributed by atoms with Crippen LogP contribution in [0.25, 0.3) is 0 Å².